The number of aldehydes is 1. The molecule has 0 bridgehead atoms. The van der Waals surface area contributed by atoms with Gasteiger partial charge in [0.2, 0.25) is 0 Å². The van der Waals surface area contributed by atoms with Gasteiger partial charge in [-0.2, -0.15) is 0 Å². The highest BCUT2D eigenvalue weighted by Gasteiger charge is 2.31. The normalized spacial score (nSPS) is 20.5. The molecule has 142 valence electrons. The van der Waals surface area contributed by atoms with Crippen molar-refractivity contribution in [3.8, 4) is 5.75 Å². The molecular weight excluding hydrogens is 351 g/mol. The van der Waals surface area contributed by atoms with E-state index in [0.29, 0.717) is 37.4 Å². The number of rotatable bonds is 4. The third-order valence-corrected chi connectivity index (χ3v) is 5.29. The minimum absolute atomic E-state index is 0.0564. The Labute approximate surface area is 156 Å². The highest BCUT2D eigenvalue weighted by atomic mass is 19.1. The van der Waals surface area contributed by atoms with E-state index >= 15 is 4.39 Å². The number of anilines is 1. The number of methoxy groups -OCH3 is 1. The zero-order valence-electron chi connectivity index (χ0n) is 15.1. The molecule has 1 aromatic carbocycles. The molecule has 0 amide bonds. The van der Waals surface area contributed by atoms with Gasteiger partial charge in [0, 0.05) is 42.2 Å². The van der Waals surface area contributed by atoms with E-state index in [4.69, 9.17) is 4.74 Å². The molecule has 1 unspecified atom stereocenters. The molecule has 1 aromatic rings. The number of allylic oxidation sites excluding steroid dienone is 2. The molecule has 2 fully saturated rings. The van der Waals surface area contributed by atoms with E-state index in [9.17, 15) is 14.4 Å². The summed E-state index contributed by atoms with van der Waals surface area (Å²) in [6.07, 6.45) is 3.20. The predicted octanol–water partition coefficient (Wildman–Crippen LogP) is 2.15. The fourth-order valence-corrected chi connectivity index (χ4v) is 3.77. The maximum atomic E-state index is 15.1. The topological polar surface area (TPSA) is 75.7 Å². The standard InChI is InChI=1S/C20H21FN2O4/c1-27-19-9-15(23-6-4-13(10-24)5-7-23)8-17(21)20(19)16-3-2-14(11-25)22-18(16)12-26/h8-10,13,16,22H,2-7H2,1H3. The van der Waals surface area contributed by atoms with Gasteiger partial charge in [-0.25, -0.2) is 14.0 Å². The largest absolute Gasteiger partial charge is 0.496 e. The van der Waals surface area contributed by atoms with Crippen LogP contribution in [0, 0.1) is 11.7 Å². The summed E-state index contributed by atoms with van der Waals surface area (Å²) in [6.45, 7) is 1.34. The second-order valence-corrected chi connectivity index (χ2v) is 6.82. The molecule has 6 nitrogen and oxygen atoms in total. The Balaban J connectivity index is 1.92. The first-order chi connectivity index (χ1) is 13.1. The first-order valence-corrected chi connectivity index (χ1v) is 8.95. The van der Waals surface area contributed by atoms with Crippen molar-refractivity contribution in [3.05, 3.63) is 34.9 Å². The van der Waals surface area contributed by atoms with Crippen molar-refractivity contribution in [2.45, 2.75) is 31.6 Å². The van der Waals surface area contributed by atoms with Crippen molar-refractivity contribution in [3.63, 3.8) is 0 Å². The van der Waals surface area contributed by atoms with Crippen molar-refractivity contribution in [2.75, 3.05) is 25.1 Å². The van der Waals surface area contributed by atoms with Crippen LogP contribution < -0.4 is 15.0 Å². The Bertz CT molecular complexity index is 833. The van der Waals surface area contributed by atoms with Crippen LogP contribution in [-0.4, -0.2) is 38.4 Å². The molecule has 0 radical (unpaired) electrons. The maximum Gasteiger partial charge on any atom is 0.146 e. The van der Waals surface area contributed by atoms with Gasteiger partial charge in [-0.1, -0.05) is 0 Å². The van der Waals surface area contributed by atoms with Crippen LogP contribution in [0.3, 0.4) is 0 Å². The number of hydrogen-bond acceptors (Lipinski definition) is 6. The summed E-state index contributed by atoms with van der Waals surface area (Å²) < 4.78 is 20.5. The molecule has 27 heavy (non-hydrogen) atoms. The monoisotopic (exact) mass is 372 g/mol. The highest BCUT2D eigenvalue weighted by molar-refractivity contribution is 5.64. The fourth-order valence-electron chi connectivity index (χ4n) is 3.77. The van der Waals surface area contributed by atoms with E-state index in [0.717, 1.165) is 19.1 Å². The van der Waals surface area contributed by atoms with Crippen LogP contribution in [0.25, 0.3) is 0 Å². The molecule has 3 rings (SSSR count). The minimum atomic E-state index is -0.565. The summed E-state index contributed by atoms with van der Waals surface area (Å²) in [5.41, 5.74) is 1.33. The van der Waals surface area contributed by atoms with Gasteiger partial charge >= 0.3 is 0 Å². The first kappa shape index (κ1) is 18.9. The number of halogens is 1. The first-order valence-electron chi connectivity index (χ1n) is 8.95. The number of carbonyl (C=O) groups is 1. The Morgan fingerprint density at radius 1 is 1.22 bits per heavy atom. The summed E-state index contributed by atoms with van der Waals surface area (Å²) in [5.74, 6) is 2.88. The molecule has 2 heterocycles. The third kappa shape index (κ3) is 3.80. The number of carbonyl (C=O) groups excluding carboxylic acids is 3. The van der Waals surface area contributed by atoms with Gasteiger partial charge in [-0.15, -0.1) is 0 Å². The highest BCUT2D eigenvalue weighted by Crippen LogP contribution is 2.41. The molecule has 1 N–H and O–H groups in total. The van der Waals surface area contributed by atoms with Crippen molar-refractivity contribution in [1.82, 2.24) is 5.32 Å². The van der Waals surface area contributed by atoms with E-state index in [-0.39, 0.29) is 22.9 Å². The Hall–Kier alpha value is -2.88. The summed E-state index contributed by atoms with van der Waals surface area (Å²) in [6, 6.07) is 3.19. The summed E-state index contributed by atoms with van der Waals surface area (Å²) >= 11 is 0. The van der Waals surface area contributed by atoms with Crippen LogP contribution >= 0.6 is 0 Å². The van der Waals surface area contributed by atoms with Gasteiger partial charge in [-0.05, 0) is 31.7 Å². The molecule has 2 aliphatic heterocycles. The summed E-state index contributed by atoms with van der Waals surface area (Å²) in [7, 11) is 1.46. The zero-order valence-corrected chi connectivity index (χ0v) is 15.1. The molecule has 0 saturated carbocycles. The second kappa shape index (κ2) is 8.21. The lowest BCUT2D eigenvalue weighted by Crippen LogP contribution is -2.34. The van der Waals surface area contributed by atoms with Crippen molar-refractivity contribution < 1.29 is 23.5 Å². The van der Waals surface area contributed by atoms with Gasteiger partial charge in [0.1, 0.15) is 41.1 Å². The maximum absolute atomic E-state index is 15.1. The van der Waals surface area contributed by atoms with Gasteiger partial charge < -0.3 is 19.7 Å². The number of nitrogens with zero attached hydrogens (tertiary/aromatic N) is 1. The van der Waals surface area contributed by atoms with Crippen LogP contribution in [0.1, 0.15) is 37.2 Å². The number of hydrogen-bond donors (Lipinski definition) is 1. The molecule has 2 aliphatic rings. The van der Waals surface area contributed by atoms with Crippen molar-refractivity contribution >= 4 is 23.9 Å². The SMILES string of the molecule is COc1cc(N2CCC(C=O)CC2)cc(F)c1C1CCC(=C=O)NC1=C=O. The van der Waals surface area contributed by atoms with Crippen LogP contribution in [0.4, 0.5) is 10.1 Å². The molecule has 2 saturated heterocycles. The van der Waals surface area contributed by atoms with Crippen LogP contribution in [0.5, 0.6) is 5.75 Å². The Morgan fingerprint density at radius 2 is 1.96 bits per heavy atom. The van der Waals surface area contributed by atoms with Crippen molar-refractivity contribution in [1.29, 1.82) is 0 Å². The fraction of sp³-hybridized carbons (Fsp3) is 0.450. The molecule has 1 atom stereocenters. The summed E-state index contributed by atoms with van der Waals surface area (Å²) in [5, 5.41) is 2.69. The number of ether oxygens (including phenoxy) is 1. The molecule has 0 aliphatic carbocycles. The zero-order chi connectivity index (χ0) is 19.4. The number of benzene rings is 1. The lowest BCUT2D eigenvalue weighted by atomic mass is 9.86. The third-order valence-electron chi connectivity index (χ3n) is 5.29. The smallest absolute Gasteiger partial charge is 0.146 e. The summed E-state index contributed by atoms with van der Waals surface area (Å²) in [4.78, 5) is 35.1. The van der Waals surface area contributed by atoms with E-state index in [1.807, 2.05) is 4.90 Å². The van der Waals surface area contributed by atoms with E-state index in [2.05, 4.69) is 5.32 Å². The van der Waals surface area contributed by atoms with Gasteiger partial charge in [0.25, 0.3) is 0 Å². The number of nitrogens with one attached hydrogen (secondary N) is 1. The minimum Gasteiger partial charge on any atom is -0.496 e. The average molecular weight is 372 g/mol. The molecule has 0 spiro atoms. The van der Waals surface area contributed by atoms with E-state index < -0.39 is 11.7 Å². The molecule has 7 heteroatoms. The second-order valence-electron chi connectivity index (χ2n) is 6.82. The quantitative estimate of drug-likeness (QED) is 0.645. The van der Waals surface area contributed by atoms with Gasteiger partial charge in [-0.3, -0.25) is 0 Å². The molecular formula is C20H21FN2O4. The predicted molar refractivity (Wildman–Crippen MR) is 97.5 cm³/mol. The van der Waals surface area contributed by atoms with Gasteiger partial charge in [0.05, 0.1) is 7.11 Å². The Morgan fingerprint density at radius 3 is 2.56 bits per heavy atom. The van der Waals surface area contributed by atoms with Gasteiger partial charge in [0.15, 0.2) is 0 Å². The van der Waals surface area contributed by atoms with Crippen LogP contribution in [-0.2, 0) is 14.4 Å². The average Bonchev–Trinajstić information content (AvgIpc) is 2.72. The van der Waals surface area contributed by atoms with Crippen LogP contribution in [0.15, 0.2) is 23.5 Å². The van der Waals surface area contributed by atoms with E-state index in [1.165, 1.54) is 13.2 Å². The van der Waals surface area contributed by atoms with Crippen molar-refractivity contribution in [2.24, 2.45) is 5.92 Å². The van der Waals surface area contributed by atoms with Crippen LogP contribution in [0.2, 0.25) is 0 Å². The molecule has 0 aromatic heterocycles. The Kier molecular flexibility index (Phi) is 5.75. The van der Waals surface area contributed by atoms with E-state index in [1.54, 1.807) is 17.9 Å². The lowest BCUT2D eigenvalue weighted by molar-refractivity contribution is -0.111. The lowest BCUT2D eigenvalue weighted by Gasteiger charge is -2.33. The number of piperidine rings is 2.